The van der Waals surface area contributed by atoms with Crippen molar-refractivity contribution in [2.24, 2.45) is 0 Å². The lowest BCUT2D eigenvalue weighted by molar-refractivity contribution is 0.0342. The number of nitrogens with one attached hydrogen (secondary N) is 1. The summed E-state index contributed by atoms with van der Waals surface area (Å²) >= 11 is 0. The quantitative estimate of drug-likeness (QED) is 0.943. The number of aryl methyl sites for hydroxylation is 1. The first-order valence-electron chi connectivity index (χ1n) is 7.98. The van der Waals surface area contributed by atoms with Gasteiger partial charge in [-0.15, -0.1) is 0 Å². The molecule has 0 unspecified atom stereocenters. The molecule has 23 heavy (non-hydrogen) atoms. The average Bonchev–Trinajstić information content (AvgIpc) is 2.58. The second-order valence-electron chi connectivity index (χ2n) is 5.91. The first-order valence-corrected chi connectivity index (χ1v) is 7.98. The van der Waals surface area contributed by atoms with Crippen LogP contribution in [0.3, 0.4) is 0 Å². The highest BCUT2D eigenvalue weighted by molar-refractivity contribution is 6.04. The van der Waals surface area contributed by atoms with Crippen LogP contribution in [0.5, 0.6) is 0 Å². The molecule has 0 atom stereocenters. The van der Waals surface area contributed by atoms with Gasteiger partial charge in [0.25, 0.3) is 5.91 Å². The number of amides is 1. The molecule has 3 rings (SSSR count). The Morgan fingerprint density at radius 1 is 1.04 bits per heavy atom. The highest BCUT2D eigenvalue weighted by Crippen LogP contribution is 2.14. The maximum Gasteiger partial charge on any atom is 0.255 e. The van der Waals surface area contributed by atoms with Crippen molar-refractivity contribution in [1.82, 2.24) is 4.90 Å². The lowest BCUT2D eigenvalue weighted by Crippen LogP contribution is -2.35. The molecule has 0 aliphatic carbocycles. The first-order chi connectivity index (χ1) is 11.2. The number of carbonyl (C=O) groups excluding carboxylic acids is 1. The third-order valence-electron chi connectivity index (χ3n) is 4.04. The maximum absolute atomic E-state index is 12.2. The number of hydrogen-bond donors (Lipinski definition) is 1. The van der Waals surface area contributed by atoms with Crippen LogP contribution >= 0.6 is 0 Å². The van der Waals surface area contributed by atoms with Crippen LogP contribution in [0.2, 0.25) is 0 Å². The van der Waals surface area contributed by atoms with Gasteiger partial charge in [0.2, 0.25) is 0 Å². The van der Waals surface area contributed by atoms with Crippen LogP contribution in [-0.2, 0) is 11.3 Å². The molecule has 4 heteroatoms. The Kier molecular flexibility index (Phi) is 5.05. The standard InChI is InChI=1S/C19H22N2O2/c1-15-2-6-17(7-3-15)19(22)20-18-8-4-16(5-9-18)14-21-10-12-23-13-11-21/h2-9H,10-14H2,1H3,(H,20,22). The van der Waals surface area contributed by atoms with E-state index in [4.69, 9.17) is 4.74 Å². The molecule has 1 amide bonds. The molecule has 0 radical (unpaired) electrons. The number of nitrogens with zero attached hydrogens (tertiary/aromatic N) is 1. The van der Waals surface area contributed by atoms with E-state index in [2.05, 4.69) is 22.3 Å². The number of rotatable bonds is 4. The normalized spacial score (nSPS) is 15.3. The zero-order valence-corrected chi connectivity index (χ0v) is 13.4. The Balaban J connectivity index is 1.58. The van der Waals surface area contributed by atoms with Crippen molar-refractivity contribution >= 4 is 11.6 Å². The lowest BCUT2D eigenvalue weighted by atomic mass is 10.1. The topological polar surface area (TPSA) is 41.6 Å². The monoisotopic (exact) mass is 310 g/mol. The SMILES string of the molecule is Cc1ccc(C(=O)Nc2ccc(CN3CCOCC3)cc2)cc1. The van der Waals surface area contributed by atoms with E-state index in [-0.39, 0.29) is 5.91 Å². The molecule has 1 saturated heterocycles. The van der Waals surface area contributed by atoms with E-state index in [0.29, 0.717) is 5.56 Å². The largest absolute Gasteiger partial charge is 0.379 e. The zero-order valence-electron chi connectivity index (χ0n) is 13.4. The Morgan fingerprint density at radius 3 is 2.35 bits per heavy atom. The first kappa shape index (κ1) is 15.7. The minimum atomic E-state index is -0.0778. The molecule has 0 aromatic heterocycles. The van der Waals surface area contributed by atoms with E-state index in [1.54, 1.807) is 0 Å². The smallest absolute Gasteiger partial charge is 0.255 e. The van der Waals surface area contributed by atoms with Crippen LogP contribution in [0.15, 0.2) is 48.5 Å². The highest BCUT2D eigenvalue weighted by atomic mass is 16.5. The minimum Gasteiger partial charge on any atom is -0.379 e. The zero-order chi connectivity index (χ0) is 16.1. The molecule has 1 heterocycles. The van der Waals surface area contributed by atoms with Crippen LogP contribution in [0, 0.1) is 6.92 Å². The number of anilines is 1. The molecular weight excluding hydrogens is 288 g/mol. The number of morpholine rings is 1. The van der Waals surface area contributed by atoms with Crippen molar-refractivity contribution in [3.05, 3.63) is 65.2 Å². The van der Waals surface area contributed by atoms with Gasteiger partial charge in [0.1, 0.15) is 0 Å². The second-order valence-corrected chi connectivity index (χ2v) is 5.91. The fraction of sp³-hybridized carbons (Fsp3) is 0.316. The number of hydrogen-bond acceptors (Lipinski definition) is 3. The van der Waals surface area contributed by atoms with E-state index < -0.39 is 0 Å². The number of ether oxygens (including phenoxy) is 1. The predicted octanol–water partition coefficient (Wildman–Crippen LogP) is 3.08. The van der Waals surface area contributed by atoms with Gasteiger partial charge in [-0.2, -0.15) is 0 Å². The molecule has 2 aromatic carbocycles. The summed E-state index contributed by atoms with van der Waals surface area (Å²) in [4.78, 5) is 14.6. The number of benzene rings is 2. The fourth-order valence-electron chi connectivity index (χ4n) is 2.62. The number of carbonyl (C=O) groups is 1. The van der Waals surface area contributed by atoms with E-state index in [1.807, 2.05) is 43.3 Å². The van der Waals surface area contributed by atoms with Gasteiger partial charge in [-0.05, 0) is 36.8 Å². The van der Waals surface area contributed by atoms with Crippen molar-refractivity contribution < 1.29 is 9.53 Å². The third kappa shape index (κ3) is 4.41. The van der Waals surface area contributed by atoms with Gasteiger partial charge in [-0.25, -0.2) is 0 Å². The molecule has 0 saturated carbocycles. The van der Waals surface area contributed by atoms with Gasteiger partial charge >= 0.3 is 0 Å². The van der Waals surface area contributed by atoms with E-state index in [1.165, 1.54) is 5.56 Å². The third-order valence-corrected chi connectivity index (χ3v) is 4.04. The molecule has 120 valence electrons. The van der Waals surface area contributed by atoms with Crippen LogP contribution in [0.25, 0.3) is 0 Å². The van der Waals surface area contributed by atoms with E-state index in [9.17, 15) is 4.79 Å². The second kappa shape index (κ2) is 7.40. The molecule has 1 aliphatic rings. The minimum absolute atomic E-state index is 0.0778. The molecule has 1 N–H and O–H groups in total. The van der Waals surface area contributed by atoms with E-state index in [0.717, 1.165) is 44.1 Å². The molecule has 1 fully saturated rings. The van der Waals surface area contributed by atoms with Gasteiger partial charge in [-0.3, -0.25) is 9.69 Å². The van der Waals surface area contributed by atoms with Crippen molar-refractivity contribution in [3.8, 4) is 0 Å². The van der Waals surface area contributed by atoms with Crippen molar-refractivity contribution in [2.75, 3.05) is 31.6 Å². The van der Waals surface area contributed by atoms with Gasteiger partial charge in [0, 0.05) is 30.9 Å². The maximum atomic E-state index is 12.2. The summed E-state index contributed by atoms with van der Waals surface area (Å²) in [6.07, 6.45) is 0. The molecular formula is C19H22N2O2. The summed E-state index contributed by atoms with van der Waals surface area (Å²) in [6.45, 7) is 6.51. The van der Waals surface area contributed by atoms with Crippen molar-refractivity contribution in [1.29, 1.82) is 0 Å². The van der Waals surface area contributed by atoms with Gasteiger partial charge in [0.15, 0.2) is 0 Å². The van der Waals surface area contributed by atoms with Crippen LogP contribution in [0.4, 0.5) is 5.69 Å². The summed E-state index contributed by atoms with van der Waals surface area (Å²) in [6, 6.07) is 15.6. The molecule has 4 nitrogen and oxygen atoms in total. The lowest BCUT2D eigenvalue weighted by Gasteiger charge is -2.26. The van der Waals surface area contributed by atoms with Gasteiger partial charge in [0.05, 0.1) is 13.2 Å². The Labute approximate surface area is 137 Å². The average molecular weight is 310 g/mol. The van der Waals surface area contributed by atoms with Crippen LogP contribution in [0.1, 0.15) is 21.5 Å². The van der Waals surface area contributed by atoms with Crippen LogP contribution in [-0.4, -0.2) is 37.1 Å². The molecule has 2 aromatic rings. The van der Waals surface area contributed by atoms with Gasteiger partial charge in [-0.1, -0.05) is 29.8 Å². The summed E-state index contributed by atoms with van der Waals surface area (Å²) < 4.78 is 5.36. The summed E-state index contributed by atoms with van der Waals surface area (Å²) in [5.41, 5.74) is 3.89. The fourth-order valence-corrected chi connectivity index (χ4v) is 2.62. The molecule has 0 bridgehead atoms. The highest BCUT2D eigenvalue weighted by Gasteiger charge is 2.11. The van der Waals surface area contributed by atoms with Crippen molar-refractivity contribution in [2.45, 2.75) is 13.5 Å². The van der Waals surface area contributed by atoms with Gasteiger partial charge < -0.3 is 10.1 Å². The summed E-state index contributed by atoms with van der Waals surface area (Å²) in [7, 11) is 0. The summed E-state index contributed by atoms with van der Waals surface area (Å²) in [5, 5.41) is 2.94. The van der Waals surface area contributed by atoms with Crippen molar-refractivity contribution in [3.63, 3.8) is 0 Å². The Morgan fingerprint density at radius 2 is 1.70 bits per heavy atom. The van der Waals surface area contributed by atoms with E-state index >= 15 is 0 Å². The predicted molar refractivity (Wildman–Crippen MR) is 91.7 cm³/mol. The molecule has 1 aliphatic heterocycles. The molecule has 0 spiro atoms. The van der Waals surface area contributed by atoms with Crippen LogP contribution < -0.4 is 5.32 Å². The Bertz CT molecular complexity index is 644. The summed E-state index contributed by atoms with van der Waals surface area (Å²) in [5.74, 6) is -0.0778. The Hall–Kier alpha value is -2.17.